The van der Waals surface area contributed by atoms with Gasteiger partial charge in [0.2, 0.25) is 0 Å². The zero-order valence-corrected chi connectivity index (χ0v) is 17.5. The average molecular weight is 416 g/mol. The Balaban J connectivity index is 1.66. The number of ketones is 1. The molecule has 0 N–H and O–H groups in total. The van der Waals surface area contributed by atoms with Gasteiger partial charge in [-0.1, -0.05) is 29.8 Å². The predicted octanol–water partition coefficient (Wildman–Crippen LogP) is 5.46. The normalized spacial score (nSPS) is 19.7. The first-order valence-electron chi connectivity index (χ1n) is 9.41. The number of nitrogens with zero attached hydrogens (tertiary/aromatic N) is 1. The van der Waals surface area contributed by atoms with E-state index in [1.54, 1.807) is 18.4 Å². The molecule has 0 radical (unpaired) electrons. The van der Waals surface area contributed by atoms with Crippen LogP contribution < -0.4 is 0 Å². The van der Waals surface area contributed by atoms with Gasteiger partial charge in [-0.2, -0.15) is 0 Å². The Hall–Kier alpha value is -1.95. The molecule has 28 heavy (non-hydrogen) atoms. The van der Waals surface area contributed by atoms with Gasteiger partial charge < -0.3 is 9.47 Å². The number of rotatable bonds is 4. The van der Waals surface area contributed by atoms with Crippen molar-refractivity contribution in [1.29, 1.82) is 0 Å². The lowest BCUT2D eigenvalue weighted by Crippen LogP contribution is -2.15. The highest BCUT2D eigenvalue weighted by molar-refractivity contribution is 7.15. The molecule has 146 valence electrons. The fourth-order valence-electron chi connectivity index (χ4n) is 3.69. The number of Topliss-reactive ketones (excluding diaryl/α,β-unsaturated/α-hetero) is 1. The molecule has 1 saturated heterocycles. The molecule has 2 aliphatic rings. The van der Waals surface area contributed by atoms with Crippen molar-refractivity contribution in [2.45, 2.75) is 26.2 Å². The molecule has 0 bridgehead atoms. The van der Waals surface area contributed by atoms with Crippen molar-refractivity contribution in [3.8, 4) is 10.6 Å². The monoisotopic (exact) mass is 415 g/mol. The summed E-state index contributed by atoms with van der Waals surface area (Å²) in [6.07, 6.45) is 4.59. The molecule has 0 atom stereocenters. The van der Waals surface area contributed by atoms with Crippen LogP contribution in [0.1, 0.15) is 29.8 Å². The summed E-state index contributed by atoms with van der Waals surface area (Å²) in [5.74, 6) is 1.14. The van der Waals surface area contributed by atoms with Crippen molar-refractivity contribution in [2.24, 2.45) is 5.92 Å². The topological polar surface area (TPSA) is 48.4 Å². The first-order valence-corrected chi connectivity index (χ1v) is 10.6. The van der Waals surface area contributed by atoms with E-state index >= 15 is 0 Å². The van der Waals surface area contributed by atoms with E-state index in [0.29, 0.717) is 28.7 Å². The summed E-state index contributed by atoms with van der Waals surface area (Å²) in [7, 11) is 1.63. The van der Waals surface area contributed by atoms with Gasteiger partial charge in [0.15, 0.2) is 5.78 Å². The molecule has 6 heteroatoms. The Labute approximate surface area is 173 Å². The summed E-state index contributed by atoms with van der Waals surface area (Å²) in [5.41, 5.74) is 3.15. The molecule has 1 aromatic heterocycles. The second kappa shape index (κ2) is 8.19. The van der Waals surface area contributed by atoms with Crippen LogP contribution in [0, 0.1) is 12.8 Å². The molecule has 2 aromatic rings. The summed E-state index contributed by atoms with van der Waals surface area (Å²) in [6.45, 7) is 3.52. The smallest absolute Gasteiger partial charge is 0.194 e. The second-order valence-electron chi connectivity index (χ2n) is 7.08. The van der Waals surface area contributed by atoms with E-state index in [-0.39, 0.29) is 5.78 Å². The number of thiazole rings is 1. The Morgan fingerprint density at radius 1 is 1.25 bits per heavy atom. The van der Waals surface area contributed by atoms with Gasteiger partial charge in [-0.05, 0) is 37.8 Å². The molecule has 0 amide bonds. The standard InChI is InChI=1S/C22H22ClNO3S/c1-13-20(24-22(28-13)15-3-5-17(23)6-4-15)19-18(26-2)12-16(21(19)25)11-14-7-9-27-10-8-14/h3-6,11,14H,7-10,12H2,1-2H3. The molecule has 1 aromatic carbocycles. The van der Waals surface area contributed by atoms with E-state index in [9.17, 15) is 4.79 Å². The third-order valence-corrected chi connectivity index (χ3v) is 6.49. The minimum absolute atomic E-state index is 0.0411. The van der Waals surface area contributed by atoms with Crippen LogP contribution in [0.5, 0.6) is 0 Å². The van der Waals surface area contributed by atoms with Gasteiger partial charge in [-0.25, -0.2) is 4.98 Å². The van der Waals surface area contributed by atoms with Crippen molar-refractivity contribution >= 4 is 34.3 Å². The minimum Gasteiger partial charge on any atom is -0.500 e. The number of aryl methyl sites for hydroxylation is 1. The Kier molecular flexibility index (Phi) is 5.67. The zero-order chi connectivity index (χ0) is 19.7. The van der Waals surface area contributed by atoms with Crippen molar-refractivity contribution in [1.82, 2.24) is 4.98 Å². The summed E-state index contributed by atoms with van der Waals surface area (Å²) < 4.78 is 11.0. The molecule has 0 saturated carbocycles. The highest BCUT2D eigenvalue weighted by Gasteiger charge is 2.33. The maximum atomic E-state index is 13.2. The maximum Gasteiger partial charge on any atom is 0.194 e. The number of allylic oxidation sites excluding steroid dienone is 3. The summed E-state index contributed by atoms with van der Waals surface area (Å²) >= 11 is 7.57. The minimum atomic E-state index is 0.0411. The molecular weight excluding hydrogens is 394 g/mol. The summed E-state index contributed by atoms with van der Waals surface area (Å²) in [6, 6.07) is 7.59. The predicted molar refractivity (Wildman–Crippen MR) is 112 cm³/mol. The summed E-state index contributed by atoms with van der Waals surface area (Å²) in [4.78, 5) is 19.0. The van der Waals surface area contributed by atoms with Crippen LogP contribution in [0.4, 0.5) is 0 Å². The fraction of sp³-hybridized carbons (Fsp3) is 0.364. The number of methoxy groups -OCH3 is 1. The average Bonchev–Trinajstić information content (AvgIpc) is 3.23. The molecule has 1 fully saturated rings. The van der Waals surface area contributed by atoms with Crippen LogP contribution in [-0.2, 0) is 14.3 Å². The van der Waals surface area contributed by atoms with Gasteiger partial charge in [-0.15, -0.1) is 11.3 Å². The van der Waals surface area contributed by atoms with Crippen LogP contribution in [0.15, 0.2) is 41.7 Å². The van der Waals surface area contributed by atoms with E-state index in [1.807, 2.05) is 31.2 Å². The van der Waals surface area contributed by atoms with Gasteiger partial charge in [0, 0.05) is 40.7 Å². The van der Waals surface area contributed by atoms with Gasteiger partial charge >= 0.3 is 0 Å². The van der Waals surface area contributed by atoms with Gasteiger partial charge in [0.05, 0.1) is 18.4 Å². The van der Waals surface area contributed by atoms with E-state index in [2.05, 4.69) is 6.08 Å². The van der Waals surface area contributed by atoms with Crippen LogP contribution >= 0.6 is 22.9 Å². The molecular formula is C22H22ClNO3S. The van der Waals surface area contributed by atoms with Gasteiger partial charge in [-0.3, -0.25) is 4.79 Å². The van der Waals surface area contributed by atoms with Crippen LogP contribution in [-0.4, -0.2) is 31.1 Å². The van der Waals surface area contributed by atoms with Crippen LogP contribution in [0.25, 0.3) is 16.1 Å². The molecule has 4 rings (SSSR count). The highest BCUT2D eigenvalue weighted by Crippen LogP contribution is 2.40. The number of benzene rings is 1. The number of hydrogen-bond donors (Lipinski definition) is 0. The lowest BCUT2D eigenvalue weighted by atomic mass is 9.95. The van der Waals surface area contributed by atoms with E-state index in [1.165, 1.54) is 0 Å². The quantitative estimate of drug-likeness (QED) is 0.622. The van der Waals surface area contributed by atoms with E-state index in [0.717, 1.165) is 52.8 Å². The SMILES string of the molecule is COC1=C(c2nc(-c3ccc(Cl)cc3)sc2C)C(=O)C(=CC2CCOCC2)C1. The number of hydrogen-bond acceptors (Lipinski definition) is 5. The van der Waals surface area contributed by atoms with Crippen molar-refractivity contribution in [3.63, 3.8) is 0 Å². The molecule has 2 heterocycles. The molecule has 4 nitrogen and oxygen atoms in total. The van der Waals surface area contributed by atoms with Crippen molar-refractivity contribution in [3.05, 3.63) is 57.3 Å². The summed E-state index contributed by atoms with van der Waals surface area (Å²) in [5, 5.41) is 1.57. The zero-order valence-electron chi connectivity index (χ0n) is 16.0. The molecule has 0 unspecified atom stereocenters. The van der Waals surface area contributed by atoms with Gasteiger partial charge in [0.1, 0.15) is 10.8 Å². The first kappa shape index (κ1) is 19.4. The van der Waals surface area contributed by atoms with E-state index in [4.69, 9.17) is 26.1 Å². The van der Waals surface area contributed by atoms with Crippen LogP contribution in [0.3, 0.4) is 0 Å². The Morgan fingerprint density at radius 2 is 1.96 bits per heavy atom. The Morgan fingerprint density at radius 3 is 2.64 bits per heavy atom. The van der Waals surface area contributed by atoms with E-state index < -0.39 is 0 Å². The molecule has 0 spiro atoms. The van der Waals surface area contributed by atoms with Crippen LogP contribution in [0.2, 0.25) is 5.02 Å². The first-order chi connectivity index (χ1) is 13.6. The van der Waals surface area contributed by atoms with Gasteiger partial charge in [0.25, 0.3) is 0 Å². The number of carbonyl (C=O) groups is 1. The Bertz CT molecular complexity index is 953. The number of aromatic nitrogens is 1. The number of ether oxygens (including phenoxy) is 2. The largest absolute Gasteiger partial charge is 0.500 e. The number of halogens is 1. The van der Waals surface area contributed by atoms with Crippen molar-refractivity contribution in [2.75, 3.05) is 20.3 Å². The fourth-order valence-corrected chi connectivity index (χ4v) is 4.74. The maximum absolute atomic E-state index is 13.2. The lowest BCUT2D eigenvalue weighted by molar-refractivity contribution is -0.110. The highest BCUT2D eigenvalue weighted by atomic mass is 35.5. The van der Waals surface area contributed by atoms with Crippen molar-refractivity contribution < 1.29 is 14.3 Å². The lowest BCUT2D eigenvalue weighted by Gasteiger charge is -2.19. The third kappa shape index (κ3) is 3.79. The third-order valence-electron chi connectivity index (χ3n) is 5.22. The molecule has 1 aliphatic carbocycles. The number of carbonyl (C=O) groups excluding carboxylic acids is 1. The molecule has 1 aliphatic heterocycles. The second-order valence-corrected chi connectivity index (χ2v) is 8.72.